The summed E-state index contributed by atoms with van der Waals surface area (Å²) in [6.45, 7) is 3.92. The van der Waals surface area contributed by atoms with E-state index in [4.69, 9.17) is 5.84 Å². The predicted octanol–water partition coefficient (Wildman–Crippen LogP) is 0.848. The number of anilines is 1. The highest BCUT2D eigenvalue weighted by Crippen LogP contribution is 2.09. The van der Waals surface area contributed by atoms with Crippen molar-refractivity contribution in [2.24, 2.45) is 5.84 Å². The number of carbonyl (C=O) groups excluding carboxylic acids is 1. The van der Waals surface area contributed by atoms with Gasteiger partial charge in [0.05, 0.1) is 0 Å². The minimum atomic E-state index is -0.0381. The average Bonchev–Trinajstić information content (AvgIpc) is 2.27. The molecule has 0 aliphatic heterocycles. The lowest BCUT2D eigenvalue weighted by molar-refractivity contribution is 0.0755. The quantitative estimate of drug-likeness (QED) is 0.570. The fourth-order valence-electron chi connectivity index (χ4n) is 1.08. The molecule has 1 amide bonds. The van der Waals surface area contributed by atoms with Gasteiger partial charge in [-0.2, -0.15) is 0 Å². The van der Waals surface area contributed by atoms with Crippen molar-refractivity contribution in [3.63, 3.8) is 0 Å². The number of hydrazine groups is 1. The number of nitrogens with two attached hydrogens (primary N) is 1. The van der Waals surface area contributed by atoms with Crippen molar-refractivity contribution in [3.8, 4) is 0 Å². The van der Waals surface area contributed by atoms with Crippen molar-refractivity contribution in [1.29, 1.82) is 0 Å². The van der Waals surface area contributed by atoms with Gasteiger partial charge in [0.2, 0.25) is 0 Å². The Balaban J connectivity index is 2.91. The number of aromatic nitrogens is 1. The summed E-state index contributed by atoms with van der Waals surface area (Å²) in [4.78, 5) is 17.5. The van der Waals surface area contributed by atoms with Gasteiger partial charge in [0, 0.05) is 24.8 Å². The molecule has 0 atom stereocenters. The summed E-state index contributed by atoms with van der Waals surface area (Å²) in [7, 11) is 1.77. The Hall–Kier alpha value is -1.62. The minimum Gasteiger partial charge on any atom is -0.339 e. The first-order chi connectivity index (χ1) is 7.06. The van der Waals surface area contributed by atoms with Crippen LogP contribution in [-0.4, -0.2) is 28.9 Å². The van der Waals surface area contributed by atoms with E-state index >= 15 is 0 Å². The summed E-state index contributed by atoms with van der Waals surface area (Å²) in [6.07, 6.45) is 1.55. The molecule has 1 aromatic heterocycles. The fourth-order valence-corrected chi connectivity index (χ4v) is 1.08. The Kier molecular flexibility index (Phi) is 3.62. The van der Waals surface area contributed by atoms with E-state index in [2.05, 4.69) is 10.4 Å². The number of pyridine rings is 1. The lowest BCUT2D eigenvalue weighted by Crippen LogP contribution is -2.33. The van der Waals surface area contributed by atoms with Crippen LogP contribution in [0.15, 0.2) is 18.3 Å². The van der Waals surface area contributed by atoms with Gasteiger partial charge >= 0.3 is 0 Å². The van der Waals surface area contributed by atoms with Crippen LogP contribution < -0.4 is 11.3 Å². The number of nitrogens with one attached hydrogen (secondary N) is 1. The molecule has 82 valence electrons. The van der Waals surface area contributed by atoms with Crippen molar-refractivity contribution in [3.05, 3.63) is 23.9 Å². The molecule has 0 saturated carbocycles. The number of amides is 1. The van der Waals surface area contributed by atoms with E-state index in [1.807, 2.05) is 13.8 Å². The second-order valence-electron chi connectivity index (χ2n) is 3.58. The maximum atomic E-state index is 11.9. The second-order valence-corrected chi connectivity index (χ2v) is 3.58. The van der Waals surface area contributed by atoms with Crippen LogP contribution in [0.4, 0.5) is 5.82 Å². The second kappa shape index (κ2) is 4.75. The summed E-state index contributed by atoms with van der Waals surface area (Å²) in [5.74, 6) is 5.66. The molecule has 0 aromatic carbocycles. The van der Waals surface area contributed by atoms with Crippen molar-refractivity contribution in [1.82, 2.24) is 9.88 Å². The third-order valence-electron chi connectivity index (χ3n) is 2.25. The Bertz CT molecular complexity index is 351. The van der Waals surface area contributed by atoms with E-state index in [1.54, 1.807) is 30.3 Å². The van der Waals surface area contributed by atoms with Crippen LogP contribution in [-0.2, 0) is 0 Å². The highest BCUT2D eigenvalue weighted by molar-refractivity contribution is 5.94. The maximum absolute atomic E-state index is 11.9. The number of hydrogen-bond acceptors (Lipinski definition) is 4. The van der Waals surface area contributed by atoms with Crippen LogP contribution in [0, 0.1) is 0 Å². The Morgan fingerprint density at radius 3 is 2.80 bits per heavy atom. The molecule has 0 aliphatic rings. The number of hydrogen-bond donors (Lipinski definition) is 2. The number of nitrogen functional groups attached to an aromatic ring is 1. The molecular weight excluding hydrogens is 192 g/mol. The predicted molar refractivity (Wildman–Crippen MR) is 59.3 cm³/mol. The van der Waals surface area contributed by atoms with Crippen molar-refractivity contribution in [2.45, 2.75) is 19.9 Å². The first-order valence-electron chi connectivity index (χ1n) is 4.76. The minimum absolute atomic E-state index is 0.0381. The summed E-state index contributed by atoms with van der Waals surface area (Å²) in [6, 6.07) is 3.46. The van der Waals surface area contributed by atoms with Gasteiger partial charge in [-0.25, -0.2) is 10.8 Å². The summed E-state index contributed by atoms with van der Waals surface area (Å²) >= 11 is 0. The van der Waals surface area contributed by atoms with Crippen molar-refractivity contribution < 1.29 is 4.79 Å². The lowest BCUT2D eigenvalue weighted by Gasteiger charge is -2.21. The molecule has 1 rings (SSSR count). The van der Waals surface area contributed by atoms with Gasteiger partial charge in [-0.05, 0) is 26.0 Å². The van der Waals surface area contributed by atoms with E-state index in [0.717, 1.165) is 0 Å². The number of carbonyl (C=O) groups is 1. The van der Waals surface area contributed by atoms with Gasteiger partial charge in [0.15, 0.2) is 0 Å². The molecular formula is C10H16N4O. The zero-order chi connectivity index (χ0) is 11.4. The smallest absolute Gasteiger partial charge is 0.254 e. The number of nitrogens with zero attached hydrogens (tertiary/aromatic N) is 2. The zero-order valence-corrected chi connectivity index (χ0v) is 9.19. The first-order valence-corrected chi connectivity index (χ1v) is 4.76. The average molecular weight is 208 g/mol. The molecule has 0 bridgehead atoms. The van der Waals surface area contributed by atoms with Crippen LogP contribution in [0.1, 0.15) is 24.2 Å². The molecule has 5 nitrogen and oxygen atoms in total. The molecule has 5 heteroatoms. The van der Waals surface area contributed by atoms with Gasteiger partial charge in [0.1, 0.15) is 5.82 Å². The molecule has 15 heavy (non-hydrogen) atoms. The topological polar surface area (TPSA) is 71.2 Å². The van der Waals surface area contributed by atoms with Crippen LogP contribution in [0.3, 0.4) is 0 Å². The Morgan fingerprint density at radius 2 is 2.27 bits per heavy atom. The largest absolute Gasteiger partial charge is 0.339 e. The van der Waals surface area contributed by atoms with Gasteiger partial charge in [0.25, 0.3) is 5.91 Å². The van der Waals surface area contributed by atoms with E-state index in [9.17, 15) is 4.79 Å². The van der Waals surface area contributed by atoms with E-state index in [-0.39, 0.29) is 11.9 Å². The fraction of sp³-hybridized carbons (Fsp3) is 0.400. The van der Waals surface area contributed by atoms with E-state index < -0.39 is 0 Å². The van der Waals surface area contributed by atoms with E-state index in [1.165, 1.54) is 0 Å². The summed E-state index contributed by atoms with van der Waals surface area (Å²) < 4.78 is 0. The Labute approximate surface area is 89.3 Å². The molecule has 1 aromatic rings. The Morgan fingerprint density at radius 1 is 1.60 bits per heavy atom. The van der Waals surface area contributed by atoms with Gasteiger partial charge < -0.3 is 10.3 Å². The molecule has 0 fully saturated rings. The third-order valence-corrected chi connectivity index (χ3v) is 2.25. The van der Waals surface area contributed by atoms with Gasteiger partial charge in [-0.15, -0.1) is 0 Å². The van der Waals surface area contributed by atoms with Crippen molar-refractivity contribution in [2.75, 3.05) is 12.5 Å². The third kappa shape index (κ3) is 2.66. The first kappa shape index (κ1) is 11.5. The molecule has 0 saturated heterocycles. The van der Waals surface area contributed by atoms with Crippen LogP contribution in [0.5, 0.6) is 0 Å². The van der Waals surface area contributed by atoms with Crippen LogP contribution in [0.2, 0.25) is 0 Å². The molecule has 3 N–H and O–H groups in total. The SMILES string of the molecule is CC(C)N(C)C(=O)c1ccnc(NN)c1. The zero-order valence-electron chi connectivity index (χ0n) is 9.19. The molecule has 1 heterocycles. The molecule has 0 radical (unpaired) electrons. The van der Waals surface area contributed by atoms with Gasteiger partial charge in [-0.1, -0.05) is 0 Å². The van der Waals surface area contributed by atoms with Crippen LogP contribution in [0.25, 0.3) is 0 Å². The summed E-state index contributed by atoms with van der Waals surface area (Å²) in [5.41, 5.74) is 2.99. The normalized spacial score (nSPS) is 10.2. The highest BCUT2D eigenvalue weighted by atomic mass is 16.2. The highest BCUT2D eigenvalue weighted by Gasteiger charge is 2.14. The standard InChI is InChI=1S/C10H16N4O/c1-7(2)14(3)10(15)8-4-5-12-9(6-8)13-11/h4-7H,11H2,1-3H3,(H,12,13). The molecule has 0 spiro atoms. The van der Waals surface area contributed by atoms with E-state index in [0.29, 0.717) is 11.4 Å². The summed E-state index contributed by atoms with van der Waals surface area (Å²) in [5, 5.41) is 0. The monoisotopic (exact) mass is 208 g/mol. The number of rotatable bonds is 3. The van der Waals surface area contributed by atoms with Crippen LogP contribution >= 0.6 is 0 Å². The maximum Gasteiger partial charge on any atom is 0.254 e. The van der Waals surface area contributed by atoms with Crippen molar-refractivity contribution >= 4 is 11.7 Å². The van der Waals surface area contributed by atoms with Gasteiger partial charge in [-0.3, -0.25) is 4.79 Å². The molecule has 0 unspecified atom stereocenters. The molecule has 0 aliphatic carbocycles. The lowest BCUT2D eigenvalue weighted by atomic mass is 10.2.